The minimum Gasteiger partial charge on any atom is -0.456 e. The first kappa shape index (κ1) is 35.1. The molecule has 13 aromatic rings. The molecule has 0 fully saturated rings. The zero-order chi connectivity index (χ0) is 41.4. The average molecular weight is 808 g/mol. The van der Waals surface area contributed by atoms with Crippen molar-refractivity contribution in [3.8, 4) is 62.4 Å². The molecule has 0 saturated carbocycles. The average Bonchev–Trinajstić information content (AvgIpc) is 4.07. The van der Waals surface area contributed by atoms with Crippen LogP contribution in [0.5, 0.6) is 0 Å². The van der Waals surface area contributed by atoms with E-state index in [1.165, 1.54) is 16.2 Å². The molecule has 0 aliphatic heterocycles. The van der Waals surface area contributed by atoms with E-state index in [9.17, 15) is 0 Å². The molecular weight excluding hydrogens is 775 g/mol. The van der Waals surface area contributed by atoms with Gasteiger partial charge in [-0.2, -0.15) is 0 Å². The van der Waals surface area contributed by atoms with Gasteiger partial charge in [-0.05, 0) is 94.7 Å². The van der Waals surface area contributed by atoms with Crippen LogP contribution in [0.4, 0.5) is 0 Å². The number of furan rings is 1. The summed E-state index contributed by atoms with van der Waals surface area (Å²) in [5.41, 5.74) is 12.0. The number of nitrogens with zero attached hydrogens (tertiary/aromatic N) is 5. The van der Waals surface area contributed by atoms with E-state index in [-0.39, 0.29) is 0 Å². The van der Waals surface area contributed by atoms with Gasteiger partial charge in [0.1, 0.15) is 16.7 Å². The molecule has 7 heteroatoms. The molecular formula is C56H33N5O2. The van der Waals surface area contributed by atoms with Crippen LogP contribution >= 0.6 is 0 Å². The molecule has 294 valence electrons. The normalized spacial score (nSPS) is 11.8. The fraction of sp³-hybridized carbons (Fsp3) is 0. The topological polar surface area (TPSA) is 82.8 Å². The molecule has 0 amide bonds. The highest BCUT2D eigenvalue weighted by molar-refractivity contribution is 6.25. The molecule has 0 radical (unpaired) electrons. The van der Waals surface area contributed by atoms with Crippen LogP contribution in [0, 0.1) is 0 Å². The number of rotatable bonds is 6. The van der Waals surface area contributed by atoms with Crippen LogP contribution in [0.15, 0.2) is 209 Å². The van der Waals surface area contributed by atoms with Crippen molar-refractivity contribution in [3.63, 3.8) is 0 Å². The maximum Gasteiger partial charge on any atom is 0.227 e. The SMILES string of the molecule is c1ccc(-c2nc(-c3cccc(-c4cccc(-n5c6ccc7ccccc7c6c6ccc7nc(-c8ccccc8)oc7c65)c4)c3)nc(-c3ccc4oc5ccccc5c4c3)n2)cc1. The minimum absolute atomic E-state index is 0.588. The molecule has 0 aliphatic carbocycles. The van der Waals surface area contributed by atoms with Gasteiger partial charge in [-0.1, -0.05) is 127 Å². The maximum absolute atomic E-state index is 6.71. The molecule has 0 spiro atoms. The van der Waals surface area contributed by atoms with E-state index < -0.39 is 0 Å². The molecule has 4 aromatic heterocycles. The fourth-order valence-corrected chi connectivity index (χ4v) is 9.10. The molecule has 0 saturated heterocycles. The lowest BCUT2D eigenvalue weighted by molar-refractivity contribution is 0.621. The Bertz CT molecular complexity index is 3920. The van der Waals surface area contributed by atoms with Crippen LogP contribution in [-0.4, -0.2) is 24.5 Å². The summed E-state index contributed by atoms with van der Waals surface area (Å²) in [5, 5.41) is 6.73. The number of fused-ring (bicyclic) bond motifs is 10. The van der Waals surface area contributed by atoms with Gasteiger partial charge in [0, 0.05) is 49.5 Å². The van der Waals surface area contributed by atoms with Gasteiger partial charge in [-0.15, -0.1) is 0 Å². The lowest BCUT2D eigenvalue weighted by atomic mass is 10.0. The predicted octanol–water partition coefficient (Wildman–Crippen LogP) is 14.5. The first-order chi connectivity index (χ1) is 31.2. The van der Waals surface area contributed by atoms with E-state index >= 15 is 0 Å². The standard InChI is InChI=1S/C56H33N5O2/c1-3-14-35(15-4-1)53-58-54(60-55(59-53)40-26-30-49-45(33-40)43-23-9-10-24-48(43)62-49)39-20-11-18-37(31-39)38-19-12-21-41(32-38)61-47-29-25-34-13-7-8-22-42(34)50(47)44-27-28-46-52(51(44)61)63-56(57-46)36-16-5-2-6-17-36/h1-33H. The van der Waals surface area contributed by atoms with Gasteiger partial charge in [0.05, 0.1) is 11.0 Å². The van der Waals surface area contributed by atoms with Crippen molar-refractivity contribution in [1.29, 1.82) is 0 Å². The third kappa shape index (κ3) is 5.75. The third-order valence-corrected chi connectivity index (χ3v) is 12.1. The highest BCUT2D eigenvalue weighted by Crippen LogP contribution is 2.42. The first-order valence-electron chi connectivity index (χ1n) is 21.0. The summed E-state index contributed by atoms with van der Waals surface area (Å²) >= 11 is 0. The number of benzene rings is 9. The van der Waals surface area contributed by atoms with Gasteiger partial charge in [0.25, 0.3) is 0 Å². The van der Waals surface area contributed by atoms with Gasteiger partial charge in [0.15, 0.2) is 23.1 Å². The molecule has 0 atom stereocenters. The number of oxazole rings is 1. The van der Waals surface area contributed by atoms with Gasteiger partial charge in [-0.3, -0.25) is 0 Å². The number of para-hydroxylation sites is 1. The van der Waals surface area contributed by atoms with E-state index in [0.717, 1.165) is 88.5 Å². The molecule has 13 rings (SSSR count). The Morgan fingerprint density at radius 2 is 1.00 bits per heavy atom. The number of hydrogen-bond donors (Lipinski definition) is 0. The summed E-state index contributed by atoms with van der Waals surface area (Å²) in [4.78, 5) is 20.2. The van der Waals surface area contributed by atoms with E-state index in [4.69, 9.17) is 28.8 Å². The highest BCUT2D eigenvalue weighted by atomic mass is 16.3. The van der Waals surface area contributed by atoms with E-state index in [0.29, 0.717) is 23.4 Å². The van der Waals surface area contributed by atoms with Crippen molar-refractivity contribution in [2.24, 2.45) is 0 Å². The number of aromatic nitrogens is 5. The lowest BCUT2D eigenvalue weighted by Gasteiger charge is -2.12. The maximum atomic E-state index is 6.71. The Hall–Kier alpha value is -8.68. The molecule has 63 heavy (non-hydrogen) atoms. The quantitative estimate of drug-likeness (QED) is 0.166. The first-order valence-corrected chi connectivity index (χ1v) is 21.0. The van der Waals surface area contributed by atoms with Crippen molar-refractivity contribution in [2.45, 2.75) is 0 Å². The van der Waals surface area contributed by atoms with Crippen molar-refractivity contribution >= 4 is 65.6 Å². The molecule has 0 unspecified atom stereocenters. The zero-order valence-corrected chi connectivity index (χ0v) is 33.6. The Labute approximate surface area is 360 Å². The number of hydrogen-bond acceptors (Lipinski definition) is 6. The third-order valence-electron chi connectivity index (χ3n) is 12.1. The molecule has 0 N–H and O–H groups in total. The van der Waals surface area contributed by atoms with Crippen molar-refractivity contribution in [3.05, 3.63) is 200 Å². The fourth-order valence-electron chi connectivity index (χ4n) is 9.10. The second-order valence-corrected chi connectivity index (χ2v) is 15.8. The molecule has 7 nitrogen and oxygen atoms in total. The largest absolute Gasteiger partial charge is 0.456 e. The van der Waals surface area contributed by atoms with Gasteiger partial charge >= 0.3 is 0 Å². The van der Waals surface area contributed by atoms with Crippen LogP contribution in [-0.2, 0) is 0 Å². The van der Waals surface area contributed by atoms with Crippen LogP contribution in [0.2, 0.25) is 0 Å². The van der Waals surface area contributed by atoms with Crippen molar-refractivity contribution in [2.75, 3.05) is 0 Å². The summed E-state index contributed by atoms with van der Waals surface area (Å²) in [6.45, 7) is 0. The summed E-state index contributed by atoms with van der Waals surface area (Å²) in [5.74, 6) is 2.38. The van der Waals surface area contributed by atoms with E-state index in [2.05, 4.69) is 114 Å². The Kier molecular flexibility index (Phi) is 7.77. The Morgan fingerprint density at radius 1 is 0.365 bits per heavy atom. The molecule has 0 aliphatic rings. The van der Waals surface area contributed by atoms with E-state index in [1.807, 2.05) is 91.0 Å². The second-order valence-electron chi connectivity index (χ2n) is 15.8. The smallest absolute Gasteiger partial charge is 0.227 e. The molecule has 9 aromatic carbocycles. The second kappa shape index (κ2) is 13.9. The summed E-state index contributed by atoms with van der Waals surface area (Å²) in [6.07, 6.45) is 0. The van der Waals surface area contributed by atoms with Crippen LogP contribution in [0.1, 0.15) is 0 Å². The summed E-state index contributed by atoms with van der Waals surface area (Å²) < 4.78 is 15.2. The van der Waals surface area contributed by atoms with Crippen LogP contribution < -0.4 is 0 Å². The van der Waals surface area contributed by atoms with Crippen LogP contribution in [0.3, 0.4) is 0 Å². The van der Waals surface area contributed by atoms with Gasteiger partial charge in [-0.25, -0.2) is 19.9 Å². The van der Waals surface area contributed by atoms with Crippen molar-refractivity contribution < 1.29 is 8.83 Å². The van der Waals surface area contributed by atoms with Gasteiger partial charge < -0.3 is 13.4 Å². The van der Waals surface area contributed by atoms with Crippen LogP contribution in [0.25, 0.3) is 128 Å². The molecule has 4 heterocycles. The van der Waals surface area contributed by atoms with Crippen molar-refractivity contribution in [1.82, 2.24) is 24.5 Å². The molecule has 0 bridgehead atoms. The monoisotopic (exact) mass is 807 g/mol. The minimum atomic E-state index is 0.588. The zero-order valence-electron chi connectivity index (χ0n) is 33.6. The highest BCUT2D eigenvalue weighted by Gasteiger charge is 2.22. The lowest BCUT2D eigenvalue weighted by Crippen LogP contribution is -2.00. The summed E-state index contributed by atoms with van der Waals surface area (Å²) in [7, 11) is 0. The Morgan fingerprint density at radius 3 is 1.83 bits per heavy atom. The Balaban J connectivity index is 0.970. The van der Waals surface area contributed by atoms with E-state index in [1.54, 1.807) is 0 Å². The van der Waals surface area contributed by atoms with Gasteiger partial charge in [0.2, 0.25) is 5.89 Å². The summed E-state index contributed by atoms with van der Waals surface area (Å²) in [6, 6.07) is 68.8. The predicted molar refractivity (Wildman–Crippen MR) is 254 cm³/mol.